The maximum atomic E-state index is 12.9. The van der Waals surface area contributed by atoms with Gasteiger partial charge in [-0.2, -0.15) is 0 Å². The van der Waals surface area contributed by atoms with Crippen LogP contribution >= 0.6 is 0 Å². The van der Waals surface area contributed by atoms with Crippen LogP contribution in [-0.2, 0) is 0 Å². The molecular formula is C28H28N2O2. The highest BCUT2D eigenvalue weighted by Gasteiger charge is 2.22. The van der Waals surface area contributed by atoms with Crippen molar-refractivity contribution in [3.63, 3.8) is 0 Å². The summed E-state index contributed by atoms with van der Waals surface area (Å²) in [6.07, 6.45) is 3.82. The normalized spacial score (nSPS) is 14.0. The van der Waals surface area contributed by atoms with Gasteiger partial charge in [-0.25, -0.2) is 0 Å². The van der Waals surface area contributed by atoms with E-state index in [0.717, 1.165) is 52.3 Å². The zero-order chi connectivity index (χ0) is 22.1. The van der Waals surface area contributed by atoms with Gasteiger partial charge < -0.3 is 14.2 Å². The first kappa shape index (κ1) is 20.4. The summed E-state index contributed by atoms with van der Waals surface area (Å²) in [7, 11) is 1.67. The molecule has 4 heteroatoms. The molecule has 1 aliphatic heterocycles. The molecule has 1 fully saturated rings. The molecule has 0 saturated carbocycles. The highest BCUT2D eigenvalue weighted by atomic mass is 16.5. The topological polar surface area (TPSA) is 34.5 Å². The molecule has 0 unspecified atom stereocenters. The summed E-state index contributed by atoms with van der Waals surface area (Å²) in [5.41, 5.74) is 6.03. The van der Waals surface area contributed by atoms with Gasteiger partial charge in [0.2, 0.25) is 0 Å². The van der Waals surface area contributed by atoms with Gasteiger partial charge in [-0.1, -0.05) is 30.3 Å². The van der Waals surface area contributed by atoms with Crippen molar-refractivity contribution in [3.8, 4) is 22.7 Å². The van der Waals surface area contributed by atoms with E-state index in [9.17, 15) is 4.79 Å². The van der Waals surface area contributed by atoms with Gasteiger partial charge in [0.15, 0.2) is 5.78 Å². The fraction of sp³-hybridized carbons (Fsp3) is 0.250. The SMILES string of the molecule is COc1ccc(-n2c(-c3ccc(N4CCCCC4)cc3)c(C(C)=O)c3ccccc32)cc1. The van der Waals surface area contributed by atoms with Crippen molar-refractivity contribution >= 4 is 22.4 Å². The van der Waals surface area contributed by atoms with Crippen LogP contribution in [0.2, 0.25) is 0 Å². The third-order valence-corrected chi connectivity index (χ3v) is 6.42. The van der Waals surface area contributed by atoms with Crippen molar-refractivity contribution in [3.05, 3.63) is 78.4 Å². The van der Waals surface area contributed by atoms with Gasteiger partial charge in [0.25, 0.3) is 0 Å². The number of ketones is 1. The highest BCUT2D eigenvalue weighted by molar-refractivity contribution is 6.13. The van der Waals surface area contributed by atoms with Gasteiger partial charge in [0.05, 0.1) is 23.9 Å². The first-order valence-electron chi connectivity index (χ1n) is 11.3. The number of carbonyl (C=O) groups excluding carboxylic acids is 1. The lowest BCUT2D eigenvalue weighted by Gasteiger charge is -2.29. The van der Waals surface area contributed by atoms with Crippen LogP contribution in [0.3, 0.4) is 0 Å². The number of carbonyl (C=O) groups is 1. The van der Waals surface area contributed by atoms with Gasteiger partial charge in [0.1, 0.15) is 5.75 Å². The lowest BCUT2D eigenvalue weighted by Crippen LogP contribution is -2.29. The van der Waals surface area contributed by atoms with E-state index >= 15 is 0 Å². The van der Waals surface area contributed by atoms with E-state index in [1.807, 2.05) is 42.5 Å². The highest BCUT2D eigenvalue weighted by Crippen LogP contribution is 2.38. The van der Waals surface area contributed by atoms with E-state index < -0.39 is 0 Å². The number of ether oxygens (including phenoxy) is 1. The first-order valence-corrected chi connectivity index (χ1v) is 11.3. The lowest BCUT2D eigenvalue weighted by atomic mass is 10.0. The van der Waals surface area contributed by atoms with Crippen LogP contribution in [0.15, 0.2) is 72.8 Å². The number of fused-ring (bicyclic) bond motifs is 1. The van der Waals surface area contributed by atoms with Crippen molar-refractivity contribution in [2.75, 3.05) is 25.1 Å². The van der Waals surface area contributed by atoms with Crippen LogP contribution < -0.4 is 9.64 Å². The predicted molar refractivity (Wildman–Crippen MR) is 131 cm³/mol. The Labute approximate surface area is 189 Å². The van der Waals surface area contributed by atoms with Crippen molar-refractivity contribution in [1.29, 1.82) is 0 Å². The Balaban J connectivity index is 1.70. The summed E-state index contributed by atoms with van der Waals surface area (Å²) in [5.74, 6) is 0.882. The monoisotopic (exact) mass is 424 g/mol. The van der Waals surface area contributed by atoms with E-state index in [1.165, 1.54) is 24.9 Å². The molecule has 0 spiro atoms. The lowest BCUT2D eigenvalue weighted by molar-refractivity contribution is 0.102. The summed E-state index contributed by atoms with van der Waals surface area (Å²) in [4.78, 5) is 15.3. The van der Waals surface area contributed by atoms with Gasteiger partial charge >= 0.3 is 0 Å². The number of hydrogen-bond donors (Lipinski definition) is 0. The standard InChI is InChI=1S/C28H28N2O2/c1-20(31)27-25-8-4-5-9-26(25)30(23-14-16-24(32-2)17-15-23)28(27)21-10-12-22(13-11-21)29-18-6-3-7-19-29/h4-5,8-17H,3,6-7,18-19H2,1-2H3. The Morgan fingerprint density at radius 1 is 0.812 bits per heavy atom. The summed E-state index contributed by atoms with van der Waals surface area (Å²) in [6.45, 7) is 3.89. The maximum absolute atomic E-state index is 12.9. The molecule has 2 heterocycles. The largest absolute Gasteiger partial charge is 0.497 e. The Morgan fingerprint density at radius 2 is 1.47 bits per heavy atom. The van der Waals surface area contributed by atoms with Crippen molar-refractivity contribution < 1.29 is 9.53 Å². The third-order valence-electron chi connectivity index (χ3n) is 6.42. The number of benzene rings is 3. The number of aromatic nitrogens is 1. The molecular weight excluding hydrogens is 396 g/mol. The van der Waals surface area contributed by atoms with E-state index in [2.05, 4.69) is 39.8 Å². The smallest absolute Gasteiger partial charge is 0.162 e. The van der Waals surface area contributed by atoms with Crippen LogP contribution in [0, 0.1) is 0 Å². The second-order valence-electron chi connectivity index (χ2n) is 8.42. The Morgan fingerprint density at radius 3 is 2.12 bits per heavy atom. The summed E-state index contributed by atoms with van der Waals surface area (Å²) < 4.78 is 7.55. The minimum absolute atomic E-state index is 0.0727. The zero-order valence-electron chi connectivity index (χ0n) is 18.7. The van der Waals surface area contributed by atoms with Crippen LogP contribution in [0.1, 0.15) is 36.5 Å². The van der Waals surface area contributed by atoms with Crippen LogP contribution in [0.25, 0.3) is 27.8 Å². The molecule has 0 N–H and O–H groups in total. The molecule has 4 nitrogen and oxygen atoms in total. The molecule has 4 aromatic rings. The van der Waals surface area contributed by atoms with Crippen molar-refractivity contribution in [1.82, 2.24) is 4.57 Å². The molecule has 1 saturated heterocycles. The van der Waals surface area contributed by atoms with Gasteiger partial charge in [-0.05, 0) is 74.2 Å². The van der Waals surface area contributed by atoms with Gasteiger partial charge in [-0.15, -0.1) is 0 Å². The molecule has 0 aliphatic carbocycles. The summed E-state index contributed by atoms with van der Waals surface area (Å²) >= 11 is 0. The summed E-state index contributed by atoms with van der Waals surface area (Å²) in [5, 5.41) is 0.978. The number of hydrogen-bond acceptors (Lipinski definition) is 3. The molecule has 1 aromatic heterocycles. The molecule has 1 aliphatic rings. The number of methoxy groups -OCH3 is 1. The number of rotatable bonds is 5. The first-order chi connectivity index (χ1) is 15.7. The third kappa shape index (κ3) is 3.56. The number of para-hydroxylation sites is 1. The van der Waals surface area contributed by atoms with E-state index in [-0.39, 0.29) is 5.78 Å². The number of anilines is 1. The van der Waals surface area contributed by atoms with Crippen molar-refractivity contribution in [2.45, 2.75) is 26.2 Å². The molecule has 5 rings (SSSR count). The molecule has 162 valence electrons. The quantitative estimate of drug-likeness (QED) is 0.343. The minimum Gasteiger partial charge on any atom is -0.497 e. The summed E-state index contributed by atoms with van der Waals surface area (Å²) in [6, 6.07) is 24.8. The fourth-order valence-corrected chi connectivity index (χ4v) is 4.85. The van der Waals surface area contributed by atoms with Crippen LogP contribution in [-0.4, -0.2) is 30.5 Å². The van der Waals surface area contributed by atoms with E-state index in [4.69, 9.17) is 4.74 Å². The van der Waals surface area contributed by atoms with Gasteiger partial charge in [0, 0.05) is 29.9 Å². The molecule has 0 radical (unpaired) electrons. The van der Waals surface area contributed by atoms with Crippen LogP contribution in [0.4, 0.5) is 5.69 Å². The fourth-order valence-electron chi connectivity index (χ4n) is 4.85. The predicted octanol–water partition coefficient (Wildman–Crippen LogP) is 6.50. The molecule has 0 atom stereocenters. The molecule has 0 amide bonds. The number of Topliss-reactive ketones (excluding diaryl/α,β-unsaturated/α-hetero) is 1. The molecule has 0 bridgehead atoms. The van der Waals surface area contributed by atoms with Crippen LogP contribution in [0.5, 0.6) is 5.75 Å². The molecule has 3 aromatic carbocycles. The van der Waals surface area contributed by atoms with E-state index in [1.54, 1.807) is 14.0 Å². The number of nitrogens with zero attached hydrogens (tertiary/aromatic N) is 2. The van der Waals surface area contributed by atoms with E-state index in [0.29, 0.717) is 0 Å². The molecule has 32 heavy (non-hydrogen) atoms. The second kappa shape index (κ2) is 8.54. The van der Waals surface area contributed by atoms with Crippen molar-refractivity contribution in [2.24, 2.45) is 0 Å². The number of piperidine rings is 1. The Hall–Kier alpha value is -3.53. The Kier molecular flexibility index (Phi) is 5.44. The minimum atomic E-state index is 0.0727. The average Bonchev–Trinajstić information content (AvgIpc) is 3.20. The maximum Gasteiger partial charge on any atom is 0.162 e. The zero-order valence-corrected chi connectivity index (χ0v) is 18.7. The average molecular weight is 425 g/mol. The Bertz CT molecular complexity index is 1250. The second-order valence-corrected chi connectivity index (χ2v) is 8.42. The van der Waals surface area contributed by atoms with Gasteiger partial charge in [-0.3, -0.25) is 4.79 Å².